The average Bonchev–Trinajstić information content (AvgIpc) is 2.58. The van der Waals surface area contributed by atoms with Crippen LogP contribution >= 0.6 is 0 Å². The Hall–Kier alpha value is -1.10. The number of carbonyl (C=O) groups excluding carboxylic acids is 1. The highest BCUT2D eigenvalue weighted by Gasteiger charge is 2.30. The Morgan fingerprint density at radius 3 is 2.80 bits per heavy atom. The summed E-state index contributed by atoms with van der Waals surface area (Å²) in [6.45, 7) is 3.01. The van der Waals surface area contributed by atoms with Gasteiger partial charge in [-0.1, -0.05) is 6.92 Å². The van der Waals surface area contributed by atoms with E-state index < -0.39 is 5.97 Å². The molecule has 1 saturated heterocycles. The van der Waals surface area contributed by atoms with Gasteiger partial charge in [0, 0.05) is 19.6 Å². The number of ether oxygens (including phenoxy) is 1. The van der Waals surface area contributed by atoms with Crippen LogP contribution in [0.5, 0.6) is 0 Å². The van der Waals surface area contributed by atoms with Crippen LogP contribution in [0.4, 0.5) is 0 Å². The number of nitrogens with one attached hydrogen (secondary N) is 1. The Bertz CT molecular complexity index is 242. The molecule has 0 aromatic rings. The van der Waals surface area contributed by atoms with Crippen molar-refractivity contribution in [1.82, 2.24) is 5.32 Å². The molecule has 0 saturated carbocycles. The number of hydrogen-bond acceptors (Lipinski definition) is 3. The molecule has 2 unspecified atom stereocenters. The first-order valence-electron chi connectivity index (χ1n) is 5.22. The minimum absolute atomic E-state index is 0.0847. The fourth-order valence-electron chi connectivity index (χ4n) is 1.58. The Balaban J connectivity index is 2.15. The monoisotopic (exact) mass is 215 g/mol. The van der Waals surface area contributed by atoms with E-state index in [-0.39, 0.29) is 24.3 Å². The molecule has 0 aliphatic carbocycles. The second kappa shape index (κ2) is 5.70. The van der Waals surface area contributed by atoms with E-state index in [0.29, 0.717) is 19.6 Å². The van der Waals surface area contributed by atoms with E-state index in [1.54, 1.807) is 0 Å². The highest BCUT2D eigenvalue weighted by Crippen LogP contribution is 2.19. The molecule has 2 N–H and O–H groups in total. The van der Waals surface area contributed by atoms with Gasteiger partial charge in [-0.3, -0.25) is 9.59 Å². The zero-order chi connectivity index (χ0) is 11.3. The van der Waals surface area contributed by atoms with Gasteiger partial charge >= 0.3 is 5.97 Å². The van der Waals surface area contributed by atoms with Gasteiger partial charge in [-0.2, -0.15) is 0 Å². The van der Waals surface area contributed by atoms with Crippen LogP contribution in [0, 0.1) is 5.92 Å². The molecule has 1 fully saturated rings. The van der Waals surface area contributed by atoms with Crippen LogP contribution in [0.3, 0.4) is 0 Å². The average molecular weight is 215 g/mol. The molecule has 0 aromatic heterocycles. The summed E-state index contributed by atoms with van der Waals surface area (Å²) >= 11 is 0. The van der Waals surface area contributed by atoms with Crippen molar-refractivity contribution >= 4 is 11.9 Å². The van der Waals surface area contributed by atoms with Crippen molar-refractivity contribution in [2.24, 2.45) is 5.92 Å². The minimum Gasteiger partial charge on any atom is -0.481 e. The quantitative estimate of drug-likeness (QED) is 0.650. The molecular formula is C10H17NO4. The molecule has 0 bridgehead atoms. The van der Waals surface area contributed by atoms with Crippen molar-refractivity contribution < 1.29 is 19.4 Å². The first kappa shape index (κ1) is 12.0. The maximum absolute atomic E-state index is 11.5. The summed E-state index contributed by atoms with van der Waals surface area (Å²) in [6.07, 6.45) is 1.10. The summed E-state index contributed by atoms with van der Waals surface area (Å²) < 4.78 is 5.28. The van der Waals surface area contributed by atoms with Gasteiger partial charge in [-0.05, 0) is 18.8 Å². The molecule has 5 heteroatoms. The summed E-state index contributed by atoms with van der Waals surface area (Å²) in [4.78, 5) is 21.7. The smallest absolute Gasteiger partial charge is 0.303 e. The third-order valence-electron chi connectivity index (χ3n) is 2.51. The summed E-state index contributed by atoms with van der Waals surface area (Å²) in [7, 11) is 0. The molecule has 1 rings (SSSR count). The summed E-state index contributed by atoms with van der Waals surface area (Å²) in [5.41, 5.74) is 0. The lowest BCUT2D eigenvalue weighted by atomic mass is 10.0. The van der Waals surface area contributed by atoms with E-state index in [0.717, 1.165) is 6.42 Å². The highest BCUT2D eigenvalue weighted by atomic mass is 16.5. The number of aliphatic carboxylic acids is 1. The largest absolute Gasteiger partial charge is 0.481 e. The molecular weight excluding hydrogens is 198 g/mol. The summed E-state index contributed by atoms with van der Waals surface area (Å²) in [6, 6.07) is 0. The lowest BCUT2D eigenvalue weighted by Crippen LogP contribution is -2.37. The van der Waals surface area contributed by atoms with Gasteiger partial charge in [0.25, 0.3) is 0 Å². The zero-order valence-corrected chi connectivity index (χ0v) is 8.86. The number of carbonyl (C=O) groups is 2. The number of carboxylic acid groups (broad SMARTS) is 1. The van der Waals surface area contributed by atoms with Crippen LogP contribution in [-0.2, 0) is 14.3 Å². The van der Waals surface area contributed by atoms with Crippen molar-refractivity contribution in [2.75, 3.05) is 13.2 Å². The Morgan fingerprint density at radius 2 is 2.27 bits per heavy atom. The van der Waals surface area contributed by atoms with Gasteiger partial charge in [-0.25, -0.2) is 0 Å². The lowest BCUT2D eigenvalue weighted by Gasteiger charge is -2.13. The number of hydrogen-bond donors (Lipinski definition) is 2. The summed E-state index contributed by atoms with van der Waals surface area (Å²) in [5.74, 6) is -0.704. The van der Waals surface area contributed by atoms with Crippen molar-refractivity contribution in [3.63, 3.8) is 0 Å². The molecule has 1 amide bonds. The van der Waals surface area contributed by atoms with Gasteiger partial charge in [0.1, 0.15) is 6.10 Å². The second-order valence-corrected chi connectivity index (χ2v) is 3.85. The highest BCUT2D eigenvalue weighted by molar-refractivity contribution is 5.81. The van der Waals surface area contributed by atoms with Gasteiger partial charge < -0.3 is 15.2 Å². The molecule has 0 spiro atoms. The van der Waals surface area contributed by atoms with Crippen LogP contribution in [0.2, 0.25) is 0 Å². The van der Waals surface area contributed by atoms with Gasteiger partial charge in [0.05, 0.1) is 0 Å². The number of amides is 1. The maximum Gasteiger partial charge on any atom is 0.303 e. The lowest BCUT2D eigenvalue weighted by molar-refractivity contribution is -0.137. The Morgan fingerprint density at radius 1 is 1.53 bits per heavy atom. The first-order chi connectivity index (χ1) is 7.11. The predicted molar refractivity (Wildman–Crippen MR) is 53.4 cm³/mol. The molecule has 0 radical (unpaired) electrons. The van der Waals surface area contributed by atoms with Crippen LogP contribution < -0.4 is 5.32 Å². The van der Waals surface area contributed by atoms with Crippen molar-refractivity contribution in [3.05, 3.63) is 0 Å². The number of carboxylic acids is 1. The zero-order valence-electron chi connectivity index (χ0n) is 8.86. The molecule has 1 heterocycles. The third-order valence-corrected chi connectivity index (χ3v) is 2.51. The van der Waals surface area contributed by atoms with Gasteiger partial charge in [0.2, 0.25) is 5.91 Å². The van der Waals surface area contributed by atoms with Crippen LogP contribution in [0.1, 0.15) is 26.2 Å². The Kier molecular flexibility index (Phi) is 4.55. The molecule has 1 aliphatic heterocycles. The molecule has 15 heavy (non-hydrogen) atoms. The third kappa shape index (κ3) is 3.87. The number of rotatable bonds is 5. The molecule has 0 aromatic carbocycles. The van der Waals surface area contributed by atoms with Crippen LogP contribution in [-0.4, -0.2) is 36.2 Å². The van der Waals surface area contributed by atoms with E-state index in [2.05, 4.69) is 5.32 Å². The second-order valence-electron chi connectivity index (χ2n) is 3.85. The fraction of sp³-hybridized carbons (Fsp3) is 0.800. The molecule has 5 nitrogen and oxygen atoms in total. The predicted octanol–water partition coefficient (Wildman–Crippen LogP) is 0.392. The Labute approximate surface area is 88.8 Å². The van der Waals surface area contributed by atoms with Crippen molar-refractivity contribution in [1.29, 1.82) is 0 Å². The van der Waals surface area contributed by atoms with E-state index >= 15 is 0 Å². The maximum atomic E-state index is 11.5. The van der Waals surface area contributed by atoms with E-state index in [9.17, 15) is 9.59 Å². The van der Waals surface area contributed by atoms with E-state index in [4.69, 9.17) is 9.84 Å². The molecule has 2 atom stereocenters. The standard InChI is InChI=1S/C10H17NO4/c1-7-4-6-15-9(7)10(14)11-5-2-3-8(12)13/h7,9H,2-6H2,1H3,(H,11,14)(H,12,13). The van der Waals surface area contributed by atoms with Crippen molar-refractivity contribution in [2.45, 2.75) is 32.3 Å². The van der Waals surface area contributed by atoms with Crippen molar-refractivity contribution in [3.8, 4) is 0 Å². The summed E-state index contributed by atoms with van der Waals surface area (Å²) in [5, 5.41) is 11.1. The van der Waals surface area contributed by atoms with Crippen LogP contribution in [0.25, 0.3) is 0 Å². The molecule has 86 valence electrons. The minimum atomic E-state index is -0.838. The SMILES string of the molecule is CC1CCOC1C(=O)NCCCC(=O)O. The fourth-order valence-corrected chi connectivity index (χ4v) is 1.58. The normalized spacial score (nSPS) is 25.1. The van der Waals surface area contributed by atoms with Crippen LogP contribution in [0.15, 0.2) is 0 Å². The van der Waals surface area contributed by atoms with Gasteiger partial charge in [0.15, 0.2) is 0 Å². The van der Waals surface area contributed by atoms with Gasteiger partial charge in [-0.15, -0.1) is 0 Å². The molecule has 1 aliphatic rings. The topological polar surface area (TPSA) is 75.6 Å². The van der Waals surface area contributed by atoms with E-state index in [1.807, 2.05) is 6.92 Å². The van der Waals surface area contributed by atoms with E-state index in [1.165, 1.54) is 0 Å². The first-order valence-corrected chi connectivity index (χ1v) is 5.22.